The Morgan fingerprint density at radius 3 is 2.53 bits per heavy atom. The number of amides is 1. The fraction of sp³-hybridized carbons (Fsp3) is 0.385. The minimum atomic E-state index is -1.07. The van der Waals surface area contributed by atoms with Crippen LogP contribution in [0.15, 0.2) is 42.5 Å². The molecule has 36 heavy (non-hydrogen) atoms. The maximum atomic E-state index is 13.5. The van der Waals surface area contributed by atoms with Gasteiger partial charge in [0, 0.05) is 31.4 Å². The Bertz CT molecular complexity index is 1280. The number of nitrogens with one attached hydrogen (secondary N) is 2. The molecule has 0 spiro atoms. The Kier molecular flexibility index (Phi) is 7.25. The highest BCUT2D eigenvalue weighted by atomic mass is 16.5. The molecule has 1 saturated heterocycles. The topological polar surface area (TPSA) is 147 Å². The fourth-order valence-electron chi connectivity index (χ4n) is 4.58. The van der Waals surface area contributed by atoms with Crippen molar-refractivity contribution < 1.29 is 19.4 Å². The van der Waals surface area contributed by atoms with E-state index in [9.17, 15) is 9.59 Å². The predicted molar refractivity (Wildman–Crippen MR) is 137 cm³/mol. The summed E-state index contributed by atoms with van der Waals surface area (Å²) in [6.07, 6.45) is 1.93. The average Bonchev–Trinajstić information content (AvgIpc) is 3.50. The molecule has 1 aliphatic rings. The second-order valence-corrected chi connectivity index (χ2v) is 9.35. The lowest BCUT2D eigenvalue weighted by molar-refractivity contribution is -0.146. The van der Waals surface area contributed by atoms with Gasteiger partial charge in [-0.3, -0.25) is 10.2 Å². The van der Waals surface area contributed by atoms with Crippen LogP contribution in [0, 0.1) is 5.41 Å². The van der Waals surface area contributed by atoms with E-state index >= 15 is 0 Å². The lowest BCUT2D eigenvalue weighted by Gasteiger charge is -2.32. The molecule has 5 N–H and O–H groups in total. The zero-order valence-corrected chi connectivity index (χ0v) is 20.6. The number of aliphatic carboxylic acids is 1. The summed E-state index contributed by atoms with van der Waals surface area (Å²) < 4.78 is 7.44. The molecular formula is C26H32N6O4. The van der Waals surface area contributed by atoms with Crippen LogP contribution in [0.5, 0.6) is 0 Å². The molecule has 1 fully saturated rings. The van der Waals surface area contributed by atoms with E-state index in [0.717, 1.165) is 41.0 Å². The Morgan fingerprint density at radius 1 is 1.19 bits per heavy atom. The third-order valence-corrected chi connectivity index (χ3v) is 6.74. The van der Waals surface area contributed by atoms with E-state index in [4.69, 9.17) is 26.0 Å². The Balaban J connectivity index is 1.58. The van der Waals surface area contributed by atoms with E-state index in [1.54, 1.807) is 12.1 Å². The number of carboxylic acid groups (broad SMARTS) is 1. The Hall–Kier alpha value is -3.92. The molecule has 10 nitrogen and oxygen atoms in total. The van der Waals surface area contributed by atoms with Crippen LogP contribution in [0.2, 0.25) is 0 Å². The van der Waals surface area contributed by atoms with Crippen LogP contribution in [0.4, 0.5) is 5.69 Å². The van der Waals surface area contributed by atoms with Gasteiger partial charge in [0.2, 0.25) is 5.91 Å². The number of nitrogens with two attached hydrogens (primary N) is 1. The first-order valence-corrected chi connectivity index (χ1v) is 11.9. The van der Waals surface area contributed by atoms with Crippen LogP contribution < -0.4 is 11.1 Å². The number of likely N-dealkylation sites (tertiary alicyclic amines) is 1. The lowest BCUT2D eigenvalue weighted by atomic mass is 9.81. The van der Waals surface area contributed by atoms with Crippen molar-refractivity contribution in [1.29, 1.82) is 5.41 Å². The quantitative estimate of drug-likeness (QED) is 0.251. The van der Waals surface area contributed by atoms with Crippen molar-refractivity contribution in [2.45, 2.75) is 31.7 Å². The van der Waals surface area contributed by atoms with Gasteiger partial charge < -0.3 is 30.4 Å². The van der Waals surface area contributed by atoms with Gasteiger partial charge in [0.25, 0.3) is 0 Å². The molecule has 1 aliphatic heterocycles. The van der Waals surface area contributed by atoms with Crippen LogP contribution in [-0.4, -0.2) is 63.6 Å². The summed E-state index contributed by atoms with van der Waals surface area (Å²) in [6.45, 7) is 3.19. The average molecular weight is 493 g/mol. The van der Waals surface area contributed by atoms with E-state index in [0.29, 0.717) is 25.2 Å². The van der Waals surface area contributed by atoms with E-state index in [1.165, 1.54) is 0 Å². The largest absolute Gasteiger partial charge is 0.480 e. The molecule has 4 rings (SSSR count). The number of hydrogen-bond acceptors (Lipinski definition) is 6. The zero-order chi connectivity index (χ0) is 25.9. The zero-order valence-electron chi connectivity index (χ0n) is 20.6. The van der Waals surface area contributed by atoms with E-state index in [1.807, 2.05) is 53.8 Å². The third kappa shape index (κ3) is 5.18. The van der Waals surface area contributed by atoms with Crippen molar-refractivity contribution in [2.24, 2.45) is 12.8 Å². The molecule has 2 heterocycles. The molecular weight excluding hydrogens is 460 g/mol. The standard InChI is InChI=1S/C26H32N6O4/c1-26(16-36-15-23(33)34,25(35)32-11-3-4-12-32)18-7-10-21-20(13-18)30-22(31(21)2)14-29-19-8-5-17(6-9-19)24(27)28/h5-10,13,29H,3-4,11-12,14-16H2,1-2H3,(H3,27,28)(H,33,34). The minimum absolute atomic E-state index is 0.0243. The maximum absolute atomic E-state index is 13.5. The van der Waals surface area contributed by atoms with Gasteiger partial charge in [0.15, 0.2) is 0 Å². The highest BCUT2D eigenvalue weighted by molar-refractivity contribution is 5.95. The molecule has 0 aliphatic carbocycles. The molecule has 1 atom stereocenters. The van der Waals surface area contributed by atoms with Gasteiger partial charge in [-0.25, -0.2) is 9.78 Å². The van der Waals surface area contributed by atoms with Gasteiger partial charge >= 0.3 is 5.97 Å². The van der Waals surface area contributed by atoms with Gasteiger partial charge in [-0.2, -0.15) is 0 Å². The second-order valence-electron chi connectivity index (χ2n) is 9.35. The number of nitrogen functional groups attached to an aromatic ring is 1. The van der Waals surface area contributed by atoms with Crippen LogP contribution in [0.3, 0.4) is 0 Å². The van der Waals surface area contributed by atoms with Crippen molar-refractivity contribution in [1.82, 2.24) is 14.5 Å². The fourth-order valence-corrected chi connectivity index (χ4v) is 4.58. The van der Waals surface area contributed by atoms with Crippen LogP contribution in [-0.2, 0) is 33.3 Å². The Morgan fingerprint density at radius 2 is 1.89 bits per heavy atom. The first-order valence-electron chi connectivity index (χ1n) is 11.9. The SMILES string of the molecule is Cn1c(CNc2ccc(C(=N)N)cc2)nc2cc(C(C)(COCC(=O)O)C(=O)N3CCCC3)ccc21. The first kappa shape index (κ1) is 25.2. The van der Waals surface area contributed by atoms with E-state index in [2.05, 4.69) is 5.32 Å². The summed E-state index contributed by atoms with van der Waals surface area (Å²) in [5, 5.41) is 19.9. The van der Waals surface area contributed by atoms with Crippen molar-refractivity contribution in [3.05, 3.63) is 59.4 Å². The molecule has 2 aromatic carbocycles. The van der Waals surface area contributed by atoms with Crippen molar-refractivity contribution in [3.63, 3.8) is 0 Å². The number of nitrogens with zero attached hydrogens (tertiary/aromatic N) is 3. The van der Waals surface area contributed by atoms with Gasteiger partial charge in [-0.05, 0) is 61.7 Å². The van der Waals surface area contributed by atoms with Gasteiger partial charge in [-0.1, -0.05) is 6.07 Å². The normalized spacial score (nSPS) is 15.1. The summed E-state index contributed by atoms with van der Waals surface area (Å²) in [7, 11) is 1.94. The van der Waals surface area contributed by atoms with Crippen molar-refractivity contribution in [2.75, 3.05) is 31.6 Å². The third-order valence-electron chi connectivity index (χ3n) is 6.74. The number of amidine groups is 1. The lowest BCUT2D eigenvalue weighted by Crippen LogP contribution is -2.47. The summed E-state index contributed by atoms with van der Waals surface area (Å²) in [4.78, 5) is 31.2. The van der Waals surface area contributed by atoms with Gasteiger partial charge in [-0.15, -0.1) is 0 Å². The summed E-state index contributed by atoms with van der Waals surface area (Å²) in [5.41, 5.74) is 8.45. The van der Waals surface area contributed by atoms with Crippen LogP contribution in [0.25, 0.3) is 11.0 Å². The highest BCUT2D eigenvalue weighted by Crippen LogP contribution is 2.31. The second kappa shape index (κ2) is 10.4. The van der Waals surface area contributed by atoms with E-state index < -0.39 is 18.0 Å². The van der Waals surface area contributed by atoms with Gasteiger partial charge in [0.1, 0.15) is 18.3 Å². The number of imidazole rings is 1. The molecule has 1 aromatic heterocycles. The number of aromatic nitrogens is 2. The number of carboxylic acids is 1. The molecule has 1 amide bonds. The van der Waals surface area contributed by atoms with Crippen molar-refractivity contribution in [3.8, 4) is 0 Å². The number of benzene rings is 2. The molecule has 0 saturated carbocycles. The summed E-state index contributed by atoms with van der Waals surface area (Å²) >= 11 is 0. The smallest absolute Gasteiger partial charge is 0.329 e. The molecule has 10 heteroatoms. The number of carbonyl (C=O) groups is 2. The number of rotatable bonds is 10. The number of ether oxygens (including phenoxy) is 1. The molecule has 0 bridgehead atoms. The van der Waals surface area contributed by atoms with Crippen LogP contribution in [0.1, 0.15) is 36.7 Å². The predicted octanol–water partition coefficient (Wildman–Crippen LogP) is 2.45. The minimum Gasteiger partial charge on any atom is -0.480 e. The summed E-state index contributed by atoms with van der Waals surface area (Å²) in [5.74, 6) is -0.292. The van der Waals surface area contributed by atoms with E-state index in [-0.39, 0.29) is 18.3 Å². The van der Waals surface area contributed by atoms with Crippen molar-refractivity contribution >= 4 is 34.4 Å². The molecule has 190 valence electrons. The Labute approximate surface area is 209 Å². The molecule has 0 radical (unpaired) electrons. The number of hydrogen-bond donors (Lipinski definition) is 4. The summed E-state index contributed by atoms with van der Waals surface area (Å²) in [6, 6.07) is 13.1. The van der Waals surface area contributed by atoms with Crippen LogP contribution >= 0.6 is 0 Å². The highest BCUT2D eigenvalue weighted by Gasteiger charge is 2.40. The monoisotopic (exact) mass is 492 g/mol. The number of carbonyl (C=O) groups excluding carboxylic acids is 1. The molecule has 1 unspecified atom stereocenters. The first-order chi connectivity index (χ1) is 17.2. The maximum Gasteiger partial charge on any atom is 0.329 e. The number of aryl methyl sites for hydroxylation is 1. The molecule has 3 aromatic rings. The van der Waals surface area contributed by atoms with Gasteiger partial charge in [0.05, 0.1) is 29.6 Å². The number of fused-ring (bicyclic) bond motifs is 1. The number of anilines is 1.